The van der Waals surface area contributed by atoms with Crippen molar-refractivity contribution >= 4 is 17.7 Å². The molecule has 1 aromatic heterocycles. The lowest BCUT2D eigenvalue weighted by Gasteiger charge is -2.14. The summed E-state index contributed by atoms with van der Waals surface area (Å²) in [6.07, 6.45) is 2.83. The third-order valence-electron chi connectivity index (χ3n) is 4.36. The van der Waals surface area contributed by atoms with Crippen molar-refractivity contribution in [2.75, 3.05) is 38.7 Å². The number of nitrogens with one attached hydrogen (secondary N) is 3. The monoisotopic (exact) mass is 427 g/mol. The second-order valence-electron chi connectivity index (χ2n) is 6.84. The number of hydrogen-bond acceptors (Lipinski definition) is 5. The smallest absolute Gasteiger partial charge is 0.227 e. The molecule has 0 unspecified atom stereocenters. The van der Waals surface area contributed by atoms with Gasteiger partial charge in [0.15, 0.2) is 17.5 Å². The van der Waals surface area contributed by atoms with Gasteiger partial charge in [0.2, 0.25) is 5.91 Å². The van der Waals surface area contributed by atoms with Crippen molar-refractivity contribution in [2.24, 2.45) is 4.99 Å². The Kier molecular flexibility index (Phi) is 10.1. The predicted octanol–water partition coefficient (Wildman–Crippen LogP) is 2.92. The number of aliphatic imine (C=N–C) groups is 1. The van der Waals surface area contributed by atoms with E-state index >= 15 is 0 Å². The SMILES string of the molecule is CCOc1ccc(CCNC(=NC)NCCC(=O)Nc2ccc(C)cn2)cc1OCC. The average molecular weight is 428 g/mol. The van der Waals surface area contributed by atoms with E-state index < -0.39 is 0 Å². The molecule has 2 aromatic rings. The van der Waals surface area contributed by atoms with Crippen LogP contribution in [0.1, 0.15) is 31.4 Å². The maximum Gasteiger partial charge on any atom is 0.227 e. The molecule has 2 rings (SSSR count). The number of benzene rings is 1. The highest BCUT2D eigenvalue weighted by Crippen LogP contribution is 2.28. The van der Waals surface area contributed by atoms with Gasteiger partial charge in [-0.15, -0.1) is 0 Å². The number of guanidine groups is 1. The number of pyridine rings is 1. The molecule has 1 amide bonds. The molecule has 1 heterocycles. The van der Waals surface area contributed by atoms with Gasteiger partial charge in [0.1, 0.15) is 5.82 Å². The Bertz CT molecular complexity index is 853. The van der Waals surface area contributed by atoms with Gasteiger partial charge in [-0.1, -0.05) is 12.1 Å². The number of nitrogens with zero attached hydrogens (tertiary/aromatic N) is 2. The van der Waals surface area contributed by atoms with Crippen LogP contribution in [-0.4, -0.2) is 50.2 Å². The summed E-state index contributed by atoms with van der Waals surface area (Å²) in [5.74, 6) is 2.63. The van der Waals surface area contributed by atoms with E-state index in [-0.39, 0.29) is 5.91 Å². The summed E-state index contributed by atoms with van der Waals surface area (Å²) in [4.78, 5) is 20.4. The van der Waals surface area contributed by atoms with E-state index in [2.05, 4.69) is 25.9 Å². The molecule has 8 heteroatoms. The van der Waals surface area contributed by atoms with Crippen LogP contribution in [0.3, 0.4) is 0 Å². The molecule has 0 spiro atoms. The molecule has 0 aliphatic carbocycles. The lowest BCUT2D eigenvalue weighted by molar-refractivity contribution is -0.116. The topological polar surface area (TPSA) is 96.9 Å². The summed E-state index contributed by atoms with van der Waals surface area (Å²) in [5, 5.41) is 9.20. The number of anilines is 1. The first kappa shape index (κ1) is 24.0. The normalized spacial score (nSPS) is 11.0. The second-order valence-corrected chi connectivity index (χ2v) is 6.84. The average Bonchev–Trinajstić information content (AvgIpc) is 2.76. The zero-order valence-electron chi connectivity index (χ0n) is 18.8. The first-order chi connectivity index (χ1) is 15.0. The first-order valence-corrected chi connectivity index (χ1v) is 10.6. The molecular weight excluding hydrogens is 394 g/mol. The molecule has 0 saturated carbocycles. The Balaban J connectivity index is 1.73. The molecule has 0 aliphatic rings. The number of rotatable bonds is 11. The van der Waals surface area contributed by atoms with Crippen LogP contribution in [0.4, 0.5) is 5.82 Å². The Morgan fingerprint density at radius 2 is 1.77 bits per heavy atom. The van der Waals surface area contributed by atoms with Gasteiger partial charge in [0, 0.05) is 32.8 Å². The molecule has 8 nitrogen and oxygen atoms in total. The second kappa shape index (κ2) is 13.1. The maximum absolute atomic E-state index is 12.1. The molecule has 0 bridgehead atoms. The highest BCUT2D eigenvalue weighted by atomic mass is 16.5. The lowest BCUT2D eigenvalue weighted by atomic mass is 10.1. The maximum atomic E-state index is 12.1. The minimum atomic E-state index is -0.0999. The Hall–Kier alpha value is -3.29. The summed E-state index contributed by atoms with van der Waals surface area (Å²) in [6, 6.07) is 9.69. The van der Waals surface area contributed by atoms with Crippen molar-refractivity contribution in [3.8, 4) is 11.5 Å². The molecule has 0 aliphatic heterocycles. The molecule has 31 heavy (non-hydrogen) atoms. The van der Waals surface area contributed by atoms with Gasteiger partial charge in [-0.25, -0.2) is 4.98 Å². The fourth-order valence-electron chi connectivity index (χ4n) is 2.84. The van der Waals surface area contributed by atoms with E-state index in [0.29, 0.717) is 44.5 Å². The van der Waals surface area contributed by atoms with Crippen molar-refractivity contribution < 1.29 is 14.3 Å². The fourth-order valence-corrected chi connectivity index (χ4v) is 2.84. The van der Waals surface area contributed by atoms with E-state index in [0.717, 1.165) is 29.0 Å². The van der Waals surface area contributed by atoms with Crippen molar-refractivity contribution in [1.29, 1.82) is 0 Å². The summed E-state index contributed by atoms with van der Waals surface area (Å²) in [7, 11) is 1.70. The predicted molar refractivity (Wildman–Crippen MR) is 124 cm³/mol. The highest BCUT2D eigenvalue weighted by Gasteiger charge is 2.07. The quantitative estimate of drug-likeness (QED) is 0.377. The summed E-state index contributed by atoms with van der Waals surface area (Å²) < 4.78 is 11.3. The first-order valence-electron chi connectivity index (χ1n) is 10.6. The van der Waals surface area contributed by atoms with Crippen LogP contribution in [0.25, 0.3) is 0 Å². The summed E-state index contributed by atoms with van der Waals surface area (Å²) >= 11 is 0. The van der Waals surface area contributed by atoms with E-state index in [1.807, 2.05) is 45.0 Å². The number of aryl methyl sites for hydroxylation is 1. The lowest BCUT2D eigenvalue weighted by Crippen LogP contribution is -2.39. The van der Waals surface area contributed by atoms with E-state index in [1.165, 1.54) is 0 Å². The fraction of sp³-hybridized carbons (Fsp3) is 0.435. The van der Waals surface area contributed by atoms with Crippen LogP contribution in [0.2, 0.25) is 0 Å². The third kappa shape index (κ3) is 8.54. The molecule has 168 valence electrons. The number of hydrogen-bond donors (Lipinski definition) is 3. The van der Waals surface area contributed by atoms with Crippen LogP contribution in [0.5, 0.6) is 11.5 Å². The van der Waals surface area contributed by atoms with Crippen molar-refractivity contribution in [3.63, 3.8) is 0 Å². The molecule has 3 N–H and O–H groups in total. The van der Waals surface area contributed by atoms with E-state index in [9.17, 15) is 4.79 Å². The number of amides is 1. The third-order valence-corrected chi connectivity index (χ3v) is 4.36. The van der Waals surface area contributed by atoms with Gasteiger partial charge in [0.05, 0.1) is 13.2 Å². The van der Waals surface area contributed by atoms with Crippen molar-refractivity contribution in [1.82, 2.24) is 15.6 Å². The van der Waals surface area contributed by atoms with Gasteiger partial charge in [-0.2, -0.15) is 0 Å². The Morgan fingerprint density at radius 3 is 2.45 bits per heavy atom. The van der Waals surface area contributed by atoms with Gasteiger partial charge in [-0.05, 0) is 56.5 Å². The van der Waals surface area contributed by atoms with Crippen LogP contribution in [0.15, 0.2) is 41.5 Å². The molecular formula is C23H33N5O3. The van der Waals surface area contributed by atoms with Crippen LogP contribution < -0.4 is 25.4 Å². The van der Waals surface area contributed by atoms with Crippen molar-refractivity contribution in [2.45, 2.75) is 33.6 Å². The van der Waals surface area contributed by atoms with Crippen LogP contribution in [-0.2, 0) is 11.2 Å². The van der Waals surface area contributed by atoms with Gasteiger partial charge >= 0.3 is 0 Å². The molecule has 0 fully saturated rings. The number of carbonyl (C=O) groups excluding carboxylic acids is 1. The summed E-state index contributed by atoms with van der Waals surface area (Å²) in [5.41, 5.74) is 2.19. The molecule has 0 atom stereocenters. The van der Waals surface area contributed by atoms with Crippen LogP contribution in [0, 0.1) is 6.92 Å². The number of aromatic nitrogens is 1. The van der Waals surface area contributed by atoms with E-state index in [4.69, 9.17) is 9.47 Å². The zero-order chi connectivity index (χ0) is 22.5. The molecule has 1 aromatic carbocycles. The van der Waals surface area contributed by atoms with Crippen LogP contribution >= 0.6 is 0 Å². The minimum absolute atomic E-state index is 0.0999. The molecule has 0 saturated heterocycles. The summed E-state index contributed by atoms with van der Waals surface area (Å²) in [6.45, 7) is 8.21. The van der Waals surface area contributed by atoms with Crippen molar-refractivity contribution in [3.05, 3.63) is 47.7 Å². The van der Waals surface area contributed by atoms with Gasteiger partial charge < -0.3 is 25.4 Å². The zero-order valence-corrected chi connectivity index (χ0v) is 18.8. The molecule has 0 radical (unpaired) electrons. The largest absolute Gasteiger partial charge is 0.490 e. The van der Waals surface area contributed by atoms with Gasteiger partial charge in [0.25, 0.3) is 0 Å². The number of carbonyl (C=O) groups is 1. The number of ether oxygens (including phenoxy) is 2. The minimum Gasteiger partial charge on any atom is -0.490 e. The Morgan fingerprint density at radius 1 is 1.03 bits per heavy atom. The van der Waals surface area contributed by atoms with E-state index in [1.54, 1.807) is 19.3 Å². The van der Waals surface area contributed by atoms with Gasteiger partial charge in [-0.3, -0.25) is 9.79 Å². The Labute approximate surface area is 184 Å². The highest BCUT2D eigenvalue weighted by molar-refractivity contribution is 5.90. The standard InChI is InChI=1S/C23H33N5O3/c1-5-30-19-9-8-18(15-20(19)31-6-2)11-13-25-23(24-4)26-14-12-22(29)28-21-10-7-17(3)16-27-21/h7-10,15-16H,5-6,11-14H2,1-4H3,(H2,24,25,26)(H,27,28,29).